The molecule has 1 heterocycles. The van der Waals surface area contributed by atoms with Gasteiger partial charge in [0.15, 0.2) is 0 Å². The second-order valence-corrected chi connectivity index (χ2v) is 3.95. The van der Waals surface area contributed by atoms with Crippen LogP contribution < -0.4 is 0 Å². The van der Waals surface area contributed by atoms with Crippen molar-refractivity contribution in [2.75, 3.05) is 0 Å². The average Bonchev–Trinajstić information content (AvgIpc) is 2.59. The van der Waals surface area contributed by atoms with Gasteiger partial charge < -0.3 is 4.42 Å². The summed E-state index contributed by atoms with van der Waals surface area (Å²) >= 11 is 0. The Bertz CT molecular complexity index is 439. The summed E-state index contributed by atoms with van der Waals surface area (Å²) in [6.45, 7) is 6.54. The second-order valence-electron chi connectivity index (χ2n) is 3.95. The van der Waals surface area contributed by atoms with Crippen molar-refractivity contribution >= 4 is 11.0 Å². The minimum Gasteiger partial charge on any atom is -0.464 e. The highest BCUT2D eigenvalue weighted by Crippen LogP contribution is 2.30. The van der Waals surface area contributed by atoms with E-state index in [1.54, 1.807) is 0 Å². The molecule has 1 nitrogen and oxygen atoms in total. The zero-order valence-corrected chi connectivity index (χ0v) is 9.00. The van der Waals surface area contributed by atoms with E-state index in [1.807, 2.05) is 6.26 Å². The van der Waals surface area contributed by atoms with E-state index < -0.39 is 0 Å². The summed E-state index contributed by atoms with van der Waals surface area (Å²) in [5, 5.41) is 1.25. The lowest BCUT2D eigenvalue weighted by Gasteiger charge is -2.08. The summed E-state index contributed by atoms with van der Waals surface area (Å²) < 4.78 is 5.60. The SMILES string of the molecule is CCC(C)c1cccc2c(C)coc12. The van der Waals surface area contributed by atoms with Crippen LogP contribution in [0.5, 0.6) is 0 Å². The first-order valence-corrected chi connectivity index (χ1v) is 5.20. The molecule has 1 aromatic carbocycles. The Labute approximate surface area is 84.7 Å². The van der Waals surface area contributed by atoms with Crippen molar-refractivity contribution in [1.82, 2.24) is 0 Å². The molecule has 14 heavy (non-hydrogen) atoms. The highest BCUT2D eigenvalue weighted by molar-refractivity contribution is 5.84. The molecule has 0 aliphatic carbocycles. The lowest BCUT2D eigenvalue weighted by atomic mass is 9.96. The number of hydrogen-bond donors (Lipinski definition) is 0. The van der Waals surface area contributed by atoms with Gasteiger partial charge in [-0.25, -0.2) is 0 Å². The highest BCUT2D eigenvalue weighted by Gasteiger charge is 2.11. The van der Waals surface area contributed by atoms with Crippen LogP contribution in [-0.2, 0) is 0 Å². The van der Waals surface area contributed by atoms with Crippen LogP contribution in [0.1, 0.15) is 37.3 Å². The van der Waals surface area contributed by atoms with Gasteiger partial charge in [0.1, 0.15) is 5.58 Å². The van der Waals surface area contributed by atoms with Crippen molar-refractivity contribution in [2.45, 2.75) is 33.1 Å². The summed E-state index contributed by atoms with van der Waals surface area (Å²) in [6.07, 6.45) is 3.00. The van der Waals surface area contributed by atoms with Gasteiger partial charge in [-0.3, -0.25) is 0 Å². The lowest BCUT2D eigenvalue weighted by Crippen LogP contribution is -1.91. The first-order chi connectivity index (χ1) is 6.74. The molecule has 0 aliphatic heterocycles. The molecule has 1 atom stereocenters. The van der Waals surface area contributed by atoms with Crippen molar-refractivity contribution < 1.29 is 4.42 Å². The van der Waals surface area contributed by atoms with E-state index in [1.165, 1.54) is 16.5 Å². The van der Waals surface area contributed by atoms with Crippen molar-refractivity contribution in [3.05, 3.63) is 35.6 Å². The Morgan fingerprint density at radius 2 is 2.14 bits per heavy atom. The molecule has 0 fully saturated rings. The maximum absolute atomic E-state index is 5.60. The number of rotatable bonds is 2. The van der Waals surface area contributed by atoms with Crippen molar-refractivity contribution in [3.8, 4) is 0 Å². The van der Waals surface area contributed by atoms with E-state index >= 15 is 0 Å². The van der Waals surface area contributed by atoms with Gasteiger partial charge >= 0.3 is 0 Å². The normalized spacial score (nSPS) is 13.4. The van der Waals surface area contributed by atoms with Crippen LogP contribution in [-0.4, -0.2) is 0 Å². The minimum absolute atomic E-state index is 0.573. The van der Waals surface area contributed by atoms with Crippen molar-refractivity contribution in [1.29, 1.82) is 0 Å². The number of fused-ring (bicyclic) bond motifs is 1. The number of benzene rings is 1. The van der Waals surface area contributed by atoms with Crippen LogP contribution in [0, 0.1) is 6.92 Å². The van der Waals surface area contributed by atoms with E-state index in [0.29, 0.717) is 5.92 Å². The Balaban J connectivity index is 2.65. The molecule has 2 rings (SSSR count). The first-order valence-electron chi connectivity index (χ1n) is 5.20. The van der Waals surface area contributed by atoms with Crippen LogP contribution in [0.15, 0.2) is 28.9 Å². The van der Waals surface area contributed by atoms with Crippen LogP contribution >= 0.6 is 0 Å². The molecule has 0 spiro atoms. The lowest BCUT2D eigenvalue weighted by molar-refractivity contribution is 0.599. The molecule has 0 radical (unpaired) electrons. The molecule has 0 aliphatic rings. The first kappa shape index (κ1) is 9.32. The molecule has 0 amide bonds. The molecule has 2 aromatic rings. The maximum atomic E-state index is 5.60. The van der Waals surface area contributed by atoms with E-state index in [-0.39, 0.29) is 0 Å². The highest BCUT2D eigenvalue weighted by atomic mass is 16.3. The fourth-order valence-electron chi connectivity index (χ4n) is 1.82. The van der Waals surface area contributed by atoms with Gasteiger partial charge in [-0.15, -0.1) is 0 Å². The van der Waals surface area contributed by atoms with Crippen LogP contribution in [0.4, 0.5) is 0 Å². The van der Waals surface area contributed by atoms with Gasteiger partial charge in [-0.05, 0) is 30.4 Å². The minimum atomic E-state index is 0.573. The largest absolute Gasteiger partial charge is 0.464 e. The molecule has 74 valence electrons. The summed E-state index contributed by atoms with van der Waals surface area (Å²) in [7, 11) is 0. The van der Waals surface area contributed by atoms with Crippen molar-refractivity contribution in [2.24, 2.45) is 0 Å². The molecule has 1 heteroatoms. The standard InChI is InChI=1S/C13H16O/c1-4-9(2)11-6-5-7-12-10(3)8-14-13(11)12/h5-9H,4H2,1-3H3. The number of furan rings is 1. The second kappa shape index (κ2) is 3.49. The quantitative estimate of drug-likeness (QED) is 0.686. The van der Waals surface area contributed by atoms with Crippen LogP contribution in [0.25, 0.3) is 11.0 Å². The molecular formula is C13H16O. The van der Waals surface area contributed by atoms with Gasteiger partial charge in [0, 0.05) is 5.39 Å². The summed E-state index contributed by atoms with van der Waals surface area (Å²) in [5.41, 5.74) is 3.63. The Kier molecular flexibility index (Phi) is 2.32. The van der Waals surface area contributed by atoms with Gasteiger partial charge in [-0.2, -0.15) is 0 Å². The van der Waals surface area contributed by atoms with E-state index in [0.717, 1.165) is 12.0 Å². The summed E-state index contributed by atoms with van der Waals surface area (Å²) in [6, 6.07) is 6.41. The van der Waals surface area contributed by atoms with Gasteiger partial charge in [0.2, 0.25) is 0 Å². The Hall–Kier alpha value is -1.24. The third-order valence-electron chi connectivity index (χ3n) is 2.97. The molecule has 0 N–H and O–H groups in total. The average molecular weight is 188 g/mol. The Morgan fingerprint density at radius 1 is 1.36 bits per heavy atom. The van der Waals surface area contributed by atoms with Crippen molar-refractivity contribution in [3.63, 3.8) is 0 Å². The number of para-hydroxylation sites is 1. The van der Waals surface area contributed by atoms with E-state index in [2.05, 4.69) is 39.0 Å². The van der Waals surface area contributed by atoms with Crippen LogP contribution in [0.3, 0.4) is 0 Å². The third kappa shape index (κ3) is 1.33. The van der Waals surface area contributed by atoms with Gasteiger partial charge in [0.05, 0.1) is 6.26 Å². The Morgan fingerprint density at radius 3 is 2.86 bits per heavy atom. The fourth-order valence-corrected chi connectivity index (χ4v) is 1.82. The van der Waals surface area contributed by atoms with E-state index in [4.69, 9.17) is 4.42 Å². The summed E-state index contributed by atoms with van der Waals surface area (Å²) in [5.74, 6) is 0.573. The summed E-state index contributed by atoms with van der Waals surface area (Å²) in [4.78, 5) is 0. The monoisotopic (exact) mass is 188 g/mol. The number of aryl methyl sites for hydroxylation is 1. The molecule has 0 saturated carbocycles. The van der Waals surface area contributed by atoms with E-state index in [9.17, 15) is 0 Å². The molecular weight excluding hydrogens is 172 g/mol. The molecule has 0 bridgehead atoms. The zero-order chi connectivity index (χ0) is 10.1. The smallest absolute Gasteiger partial charge is 0.137 e. The molecule has 1 unspecified atom stereocenters. The fraction of sp³-hybridized carbons (Fsp3) is 0.385. The predicted octanol–water partition coefficient (Wildman–Crippen LogP) is 4.25. The van der Waals surface area contributed by atoms with Gasteiger partial charge in [-0.1, -0.05) is 32.0 Å². The topological polar surface area (TPSA) is 13.1 Å². The van der Waals surface area contributed by atoms with Gasteiger partial charge in [0.25, 0.3) is 0 Å². The number of hydrogen-bond acceptors (Lipinski definition) is 1. The van der Waals surface area contributed by atoms with Crippen LogP contribution in [0.2, 0.25) is 0 Å². The molecule has 0 saturated heterocycles. The zero-order valence-electron chi connectivity index (χ0n) is 9.00. The maximum Gasteiger partial charge on any atom is 0.137 e. The third-order valence-corrected chi connectivity index (χ3v) is 2.97. The predicted molar refractivity (Wildman–Crippen MR) is 59.7 cm³/mol. The molecule has 1 aromatic heterocycles.